The highest BCUT2D eigenvalue weighted by molar-refractivity contribution is 6.29. The number of benzene rings is 2. The molecule has 2 aliphatic rings. The van der Waals surface area contributed by atoms with Crippen LogP contribution in [0.4, 0.5) is 11.4 Å². The maximum atomic E-state index is 12.2. The Morgan fingerprint density at radius 1 is 0.655 bits per heavy atom. The third kappa shape index (κ3) is 3.29. The molecule has 2 aromatic carbocycles. The van der Waals surface area contributed by atoms with Crippen molar-refractivity contribution in [1.82, 2.24) is 0 Å². The first kappa shape index (κ1) is 18.6. The van der Waals surface area contributed by atoms with E-state index in [9.17, 15) is 19.2 Å². The quantitative estimate of drug-likeness (QED) is 0.740. The third-order valence-corrected chi connectivity index (χ3v) is 4.92. The molecule has 0 radical (unpaired) electrons. The minimum Gasteiger partial charge on any atom is -0.269 e. The molecule has 6 nitrogen and oxygen atoms in total. The Hall–Kier alpha value is -3.80. The zero-order valence-electron chi connectivity index (χ0n) is 15.8. The molecule has 4 amide bonds. The fourth-order valence-electron chi connectivity index (χ4n) is 3.53. The molecule has 2 heterocycles. The van der Waals surface area contributed by atoms with Crippen molar-refractivity contribution >= 4 is 35.0 Å². The molecule has 0 spiro atoms. The monoisotopic (exact) mass is 386 g/mol. The van der Waals surface area contributed by atoms with Gasteiger partial charge in [-0.25, -0.2) is 9.80 Å². The van der Waals surface area contributed by atoms with E-state index in [1.807, 2.05) is 25.1 Å². The van der Waals surface area contributed by atoms with E-state index < -0.39 is 0 Å². The SMILES string of the molecule is CCCc1ccc(-c2ccc(N3C(=O)C=CC3=O)cc2)cc1N1C(=O)C=CC1=O. The van der Waals surface area contributed by atoms with Gasteiger partial charge in [0.05, 0.1) is 11.4 Å². The summed E-state index contributed by atoms with van der Waals surface area (Å²) >= 11 is 0. The van der Waals surface area contributed by atoms with E-state index in [0.717, 1.165) is 34.4 Å². The van der Waals surface area contributed by atoms with Crippen LogP contribution in [0.3, 0.4) is 0 Å². The Bertz CT molecular complexity index is 1060. The molecule has 6 heteroatoms. The van der Waals surface area contributed by atoms with Crippen LogP contribution in [0.2, 0.25) is 0 Å². The maximum absolute atomic E-state index is 12.2. The first-order valence-electron chi connectivity index (χ1n) is 9.35. The smallest absolute Gasteiger partial charge is 0.258 e. The number of carbonyl (C=O) groups excluding carboxylic acids is 4. The topological polar surface area (TPSA) is 74.8 Å². The van der Waals surface area contributed by atoms with Crippen LogP contribution in [0.15, 0.2) is 66.8 Å². The summed E-state index contributed by atoms with van der Waals surface area (Å²) in [6, 6.07) is 12.7. The summed E-state index contributed by atoms with van der Waals surface area (Å²) in [5.41, 5.74) is 3.68. The van der Waals surface area contributed by atoms with Gasteiger partial charge >= 0.3 is 0 Å². The van der Waals surface area contributed by atoms with E-state index in [-0.39, 0.29) is 23.6 Å². The van der Waals surface area contributed by atoms with Crippen molar-refractivity contribution in [2.45, 2.75) is 19.8 Å². The fourth-order valence-corrected chi connectivity index (χ4v) is 3.53. The van der Waals surface area contributed by atoms with Crippen molar-refractivity contribution in [2.75, 3.05) is 9.80 Å². The van der Waals surface area contributed by atoms with Gasteiger partial charge in [-0.1, -0.05) is 37.6 Å². The van der Waals surface area contributed by atoms with E-state index in [0.29, 0.717) is 11.4 Å². The van der Waals surface area contributed by atoms with E-state index in [1.54, 1.807) is 24.3 Å². The normalized spacial score (nSPS) is 15.9. The van der Waals surface area contributed by atoms with Crippen molar-refractivity contribution in [1.29, 1.82) is 0 Å². The number of hydrogen-bond acceptors (Lipinski definition) is 4. The molecule has 29 heavy (non-hydrogen) atoms. The van der Waals surface area contributed by atoms with Crippen LogP contribution in [0.25, 0.3) is 11.1 Å². The number of carbonyl (C=O) groups is 4. The Labute approximate surface area is 167 Å². The largest absolute Gasteiger partial charge is 0.269 e. The molecule has 0 bridgehead atoms. The van der Waals surface area contributed by atoms with Crippen LogP contribution in [-0.2, 0) is 25.6 Å². The number of nitrogens with zero attached hydrogens (tertiary/aromatic N) is 2. The van der Waals surface area contributed by atoms with Crippen molar-refractivity contribution in [3.63, 3.8) is 0 Å². The number of anilines is 2. The van der Waals surface area contributed by atoms with Crippen molar-refractivity contribution in [2.24, 2.45) is 0 Å². The van der Waals surface area contributed by atoms with E-state index in [1.165, 1.54) is 29.2 Å². The van der Waals surface area contributed by atoms with Crippen molar-refractivity contribution in [3.05, 3.63) is 72.3 Å². The Morgan fingerprint density at radius 3 is 1.72 bits per heavy atom. The summed E-state index contributed by atoms with van der Waals surface area (Å²) in [7, 11) is 0. The average Bonchev–Trinajstić information content (AvgIpc) is 3.23. The first-order valence-corrected chi connectivity index (χ1v) is 9.35. The van der Waals surface area contributed by atoms with Gasteiger partial charge in [-0.15, -0.1) is 0 Å². The lowest BCUT2D eigenvalue weighted by molar-refractivity contribution is -0.121. The molecule has 4 rings (SSSR count). The number of amides is 4. The zero-order valence-corrected chi connectivity index (χ0v) is 15.8. The van der Waals surface area contributed by atoms with Crippen LogP contribution < -0.4 is 9.80 Å². The number of rotatable bonds is 5. The molecule has 144 valence electrons. The van der Waals surface area contributed by atoms with Gasteiger partial charge < -0.3 is 0 Å². The van der Waals surface area contributed by atoms with E-state index >= 15 is 0 Å². The second-order valence-corrected chi connectivity index (χ2v) is 6.83. The van der Waals surface area contributed by atoms with Crippen LogP contribution in [-0.4, -0.2) is 23.6 Å². The van der Waals surface area contributed by atoms with Gasteiger partial charge in [-0.3, -0.25) is 19.2 Å². The summed E-state index contributed by atoms with van der Waals surface area (Å²) in [6.07, 6.45) is 6.67. The molecule has 0 aromatic heterocycles. The van der Waals surface area contributed by atoms with Gasteiger partial charge in [-0.2, -0.15) is 0 Å². The second-order valence-electron chi connectivity index (χ2n) is 6.83. The van der Waals surface area contributed by atoms with Gasteiger partial charge in [0, 0.05) is 24.3 Å². The van der Waals surface area contributed by atoms with Gasteiger partial charge in [-0.05, 0) is 41.3 Å². The van der Waals surface area contributed by atoms with Gasteiger partial charge in [0.1, 0.15) is 0 Å². The molecular formula is C23H18N2O4. The predicted octanol–water partition coefficient (Wildman–Crippen LogP) is 3.16. The average molecular weight is 386 g/mol. The Balaban J connectivity index is 1.69. The molecule has 0 fully saturated rings. The molecule has 0 saturated heterocycles. The highest BCUT2D eigenvalue weighted by Crippen LogP contribution is 2.32. The molecule has 0 N–H and O–H groups in total. The highest BCUT2D eigenvalue weighted by Gasteiger charge is 2.28. The van der Waals surface area contributed by atoms with Gasteiger partial charge in [0.25, 0.3) is 23.6 Å². The minimum absolute atomic E-state index is 0.349. The van der Waals surface area contributed by atoms with Gasteiger partial charge in [0.15, 0.2) is 0 Å². The van der Waals surface area contributed by atoms with Crippen LogP contribution >= 0.6 is 0 Å². The number of aryl methyl sites for hydroxylation is 1. The predicted molar refractivity (Wildman–Crippen MR) is 109 cm³/mol. The maximum Gasteiger partial charge on any atom is 0.258 e. The zero-order chi connectivity index (χ0) is 20.5. The second kappa shape index (κ2) is 7.31. The molecule has 2 aliphatic heterocycles. The van der Waals surface area contributed by atoms with E-state index in [2.05, 4.69) is 0 Å². The summed E-state index contributed by atoms with van der Waals surface area (Å²) < 4.78 is 0. The number of hydrogen-bond donors (Lipinski definition) is 0. The summed E-state index contributed by atoms with van der Waals surface area (Å²) in [5, 5.41) is 0. The standard InChI is InChI=1S/C23H18N2O4/c1-2-3-16-4-5-17(14-19(16)25-22(28)12-13-23(25)29)15-6-8-18(9-7-15)24-20(26)10-11-21(24)27/h4-14H,2-3H2,1H3. The summed E-state index contributed by atoms with van der Waals surface area (Å²) in [4.78, 5) is 50.3. The lowest BCUT2D eigenvalue weighted by Gasteiger charge is -2.20. The molecule has 0 atom stereocenters. The third-order valence-electron chi connectivity index (χ3n) is 4.92. The summed E-state index contributed by atoms with van der Waals surface area (Å²) in [5.74, 6) is -1.43. The van der Waals surface area contributed by atoms with Gasteiger partial charge in [0.2, 0.25) is 0 Å². The minimum atomic E-state index is -0.368. The lowest BCUT2D eigenvalue weighted by Crippen LogP contribution is -2.30. The van der Waals surface area contributed by atoms with Crippen LogP contribution in [0.1, 0.15) is 18.9 Å². The summed E-state index contributed by atoms with van der Waals surface area (Å²) in [6.45, 7) is 2.04. The van der Waals surface area contributed by atoms with Crippen LogP contribution in [0.5, 0.6) is 0 Å². The molecule has 0 saturated carbocycles. The molecule has 2 aromatic rings. The van der Waals surface area contributed by atoms with E-state index in [4.69, 9.17) is 0 Å². The molecule has 0 aliphatic carbocycles. The van der Waals surface area contributed by atoms with Crippen LogP contribution in [0, 0.1) is 0 Å². The fraction of sp³-hybridized carbons (Fsp3) is 0.130. The van der Waals surface area contributed by atoms with Crippen molar-refractivity contribution < 1.29 is 19.2 Å². The highest BCUT2D eigenvalue weighted by atomic mass is 16.2. The van der Waals surface area contributed by atoms with Crippen molar-refractivity contribution in [3.8, 4) is 11.1 Å². The molecule has 0 unspecified atom stereocenters. The molecular weight excluding hydrogens is 368 g/mol. The Kier molecular flexibility index (Phi) is 4.68. The Morgan fingerprint density at radius 2 is 1.17 bits per heavy atom. The number of imide groups is 2. The first-order chi connectivity index (χ1) is 14.0. The lowest BCUT2D eigenvalue weighted by atomic mass is 9.99.